The number of nitrogens with zero attached hydrogens (tertiary/aromatic N) is 2. The molecule has 1 fully saturated rings. The van der Waals surface area contributed by atoms with Gasteiger partial charge in [0, 0.05) is 38.4 Å². The van der Waals surface area contributed by atoms with Crippen molar-refractivity contribution in [1.82, 2.24) is 15.1 Å². The van der Waals surface area contributed by atoms with E-state index in [0.717, 1.165) is 18.6 Å². The van der Waals surface area contributed by atoms with Crippen LogP contribution in [0.5, 0.6) is 0 Å². The fourth-order valence-electron chi connectivity index (χ4n) is 2.99. The molecule has 2 rings (SSSR count). The van der Waals surface area contributed by atoms with Gasteiger partial charge in [-0.1, -0.05) is 6.92 Å². The molecule has 1 atom stereocenters. The van der Waals surface area contributed by atoms with Crippen LogP contribution in [0.2, 0.25) is 0 Å². The topological polar surface area (TPSA) is 64.7 Å². The Morgan fingerprint density at radius 3 is 2.25 bits per heavy atom. The van der Waals surface area contributed by atoms with E-state index in [1.807, 2.05) is 16.7 Å². The van der Waals surface area contributed by atoms with Crippen LogP contribution in [0, 0.1) is 0 Å². The van der Waals surface area contributed by atoms with Crippen LogP contribution >= 0.6 is 0 Å². The highest BCUT2D eigenvalue weighted by molar-refractivity contribution is 5.94. The first kappa shape index (κ1) is 22.2. The van der Waals surface area contributed by atoms with Crippen molar-refractivity contribution in [2.75, 3.05) is 44.6 Å². The zero-order chi connectivity index (χ0) is 20.7. The zero-order valence-electron chi connectivity index (χ0n) is 16.2. The fourth-order valence-corrected chi connectivity index (χ4v) is 2.99. The summed E-state index contributed by atoms with van der Waals surface area (Å²) in [6, 6.07) is 3.98. The maximum Gasteiger partial charge on any atom is 0.416 e. The minimum Gasteiger partial charge on any atom is -0.355 e. The largest absolute Gasteiger partial charge is 0.416 e. The Kier molecular flexibility index (Phi) is 7.82. The first-order chi connectivity index (χ1) is 13.2. The minimum atomic E-state index is -4.40. The summed E-state index contributed by atoms with van der Waals surface area (Å²) >= 11 is 0. The van der Waals surface area contributed by atoms with Gasteiger partial charge in [0.15, 0.2) is 0 Å². The first-order valence-electron chi connectivity index (χ1n) is 9.42. The molecule has 156 valence electrons. The predicted octanol–water partition coefficient (Wildman–Crippen LogP) is 2.18. The van der Waals surface area contributed by atoms with E-state index in [9.17, 15) is 22.8 Å². The zero-order valence-corrected chi connectivity index (χ0v) is 16.2. The third kappa shape index (κ3) is 6.49. The molecule has 28 heavy (non-hydrogen) atoms. The van der Waals surface area contributed by atoms with Crippen LogP contribution in [0.25, 0.3) is 0 Å². The molecule has 0 aromatic heterocycles. The summed E-state index contributed by atoms with van der Waals surface area (Å²) in [5, 5.41) is 5.50. The molecule has 2 N–H and O–H groups in total. The maximum atomic E-state index is 12.6. The van der Waals surface area contributed by atoms with Gasteiger partial charge in [0.25, 0.3) is 0 Å². The number of alkyl halides is 3. The molecule has 0 radical (unpaired) electrons. The molecule has 2 amide bonds. The summed E-state index contributed by atoms with van der Waals surface area (Å²) < 4.78 is 37.8. The lowest BCUT2D eigenvalue weighted by Gasteiger charge is -2.37. The number of amides is 2. The van der Waals surface area contributed by atoms with E-state index >= 15 is 0 Å². The van der Waals surface area contributed by atoms with Crippen molar-refractivity contribution in [1.29, 1.82) is 0 Å². The van der Waals surface area contributed by atoms with Crippen LogP contribution in [0.15, 0.2) is 24.3 Å². The molecule has 6 nitrogen and oxygen atoms in total. The quantitative estimate of drug-likeness (QED) is 0.737. The molecule has 0 bridgehead atoms. The number of nitrogens with one attached hydrogen (secondary N) is 2. The van der Waals surface area contributed by atoms with Gasteiger partial charge in [-0.2, -0.15) is 13.2 Å². The SMILES string of the molecule is CCCNC(=O)CN1CCN([C@@H](C)C(=O)Nc2ccc(C(F)(F)F)cc2)CC1. The van der Waals surface area contributed by atoms with E-state index < -0.39 is 17.8 Å². The molecular formula is C19H27F3N4O2. The second-order valence-electron chi connectivity index (χ2n) is 6.90. The van der Waals surface area contributed by atoms with Crippen LogP contribution in [-0.4, -0.2) is 66.9 Å². The summed E-state index contributed by atoms with van der Waals surface area (Å²) in [5.74, 6) is -0.266. The predicted molar refractivity (Wildman–Crippen MR) is 101 cm³/mol. The Balaban J connectivity index is 1.80. The van der Waals surface area contributed by atoms with Crippen LogP contribution < -0.4 is 10.6 Å². The van der Waals surface area contributed by atoms with Crippen molar-refractivity contribution in [3.63, 3.8) is 0 Å². The minimum absolute atomic E-state index is 0.00314. The first-order valence-corrected chi connectivity index (χ1v) is 9.42. The van der Waals surface area contributed by atoms with E-state index in [1.165, 1.54) is 12.1 Å². The van der Waals surface area contributed by atoms with Gasteiger partial charge in [-0.05, 0) is 37.6 Å². The van der Waals surface area contributed by atoms with Gasteiger partial charge in [0.05, 0.1) is 18.2 Å². The highest BCUT2D eigenvalue weighted by atomic mass is 19.4. The van der Waals surface area contributed by atoms with Gasteiger partial charge < -0.3 is 10.6 Å². The van der Waals surface area contributed by atoms with Gasteiger partial charge in [0.2, 0.25) is 11.8 Å². The van der Waals surface area contributed by atoms with E-state index in [-0.39, 0.29) is 11.8 Å². The van der Waals surface area contributed by atoms with E-state index in [4.69, 9.17) is 0 Å². The standard InChI is InChI=1S/C19H27F3N4O2/c1-3-8-23-17(27)13-25-9-11-26(12-10-25)14(2)18(28)24-16-6-4-15(5-7-16)19(20,21)22/h4-7,14H,3,8-13H2,1-2H3,(H,23,27)(H,24,28)/t14-/m0/s1. The Bertz CT molecular complexity index is 656. The van der Waals surface area contributed by atoms with Gasteiger partial charge in [-0.3, -0.25) is 19.4 Å². The highest BCUT2D eigenvalue weighted by Gasteiger charge is 2.30. The van der Waals surface area contributed by atoms with Crippen molar-refractivity contribution >= 4 is 17.5 Å². The second kappa shape index (κ2) is 9.88. The average molecular weight is 400 g/mol. The average Bonchev–Trinajstić information content (AvgIpc) is 2.66. The number of hydrogen-bond donors (Lipinski definition) is 2. The third-order valence-electron chi connectivity index (χ3n) is 4.75. The molecule has 0 spiro atoms. The normalized spacial score (nSPS) is 17.2. The number of anilines is 1. The summed E-state index contributed by atoms with van der Waals surface area (Å²) in [6.45, 7) is 7.42. The molecule has 1 saturated heterocycles. The Morgan fingerprint density at radius 2 is 1.71 bits per heavy atom. The number of piperazine rings is 1. The van der Waals surface area contributed by atoms with Crippen LogP contribution in [0.3, 0.4) is 0 Å². The lowest BCUT2D eigenvalue weighted by Crippen LogP contribution is -2.54. The molecule has 1 aromatic rings. The van der Waals surface area contributed by atoms with Crippen molar-refractivity contribution in [2.45, 2.75) is 32.5 Å². The molecular weight excluding hydrogens is 373 g/mol. The molecule has 0 unspecified atom stereocenters. The summed E-state index contributed by atoms with van der Waals surface area (Å²) in [4.78, 5) is 28.2. The lowest BCUT2D eigenvalue weighted by atomic mass is 10.1. The molecule has 0 aliphatic carbocycles. The molecule has 1 aliphatic heterocycles. The van der Waals surface area contributed by atoms with Crippen LogP contribution in [0.1, 0.15) is 25.8 Å². The van der Waals surface area contributed by atoms with Crippen molar-refractivity contribution in [2.24, 2.45) is 0 Å². The molecule has 1 heterocycles. The molecule has 9 heteroatoms. The van der Waals surface area contributed by atoms with Crippen molar-refractivity contribution in [3.8, 4) is 0 Å². The Labute approximate surface area is 163 Å². The van der Waals surface area contributed by atoms with Gasteiger partial charge >= 0.3 is 6.18 Å². The van der Waals surface area contributed by atoms with Crippen molar-refractivity contribution < 1.29 is 22.8 Å². The smallest absolute Gasteiger partial charge is 0.355 e. The number of carbonyl (C=O) groups is 2. The van der Waals surface area contributed by atoms with Crippen molar-refractivity contribution in [3.05, 3.63) is 29.8 Å². The fraction of sp³-hybridized carbons (Fsp3) is 0.579. The number of rotatable bonds is 7. The second-order valence-corrected chi connectivity index (χ2v) is 6.90. The third-order valence-corrected chi connectivity index (χ3v) is 4.75. The van der Waals surface area contributed by atoms with Crippen LogP contribution in [-0.2, 0) is 15.8 Å². The van der Waals surface area contributed by atoms with Gasteiger partial charge in [0.1, 0.15) is 0 Å². The molecule has 1 aliphatic rings. The maximum absolute atomic E-state index is 12.6. The van der Waals surface area contributed by atoms with Gasteiger partial charge in [-0.25, -0.2) is 0 Å². The van der Waals surface area contributed by atoms with E-state index in [0.29, 0.717) is 45.0 Å². The summed E-state index contributed by atoms with van der Waals surface area (Å²) in [7, 11) is 0. The number of halogens is 3. The Hall–Kier alpha value is -2.13. The van der Waals surface area contributed by atoms with Crippen LogP contribution in [0.4, 0.5) is 18.9 Å². The Morgan fingerprint density at radius 1 is 1.11 bits per heavy atom. The highest BCUT2D eigenvalue weighted by Crippen LogP contribution is 2.29. The summed E-state index contributed by atoms with van der Waals surface area (Å²) in [5.41, 5.74) is -0.422. The lowest BCUT2D eigenvalue weighted by molar-refractivity contribution is -0.137. The van der Waals surface area contributed by atoms with E-state index in [2.05, 4.69) is 10.6 Å². The van der Waals surface area contributed by atoms with E-state index in [1.54, 1.807) is 6.92 Å². The molecule has 1 aromatic carbocycles. The molecule has 0 saturated carbocycles. The monoisotopic (exact) mass is 400 g/mol. The number of carbonyl (C=O) groups excluding carboxylic acids is 2. The number of benzene rings is 1. The number of hydrogen-bond acceptors (Lipinski definition) is 4. The van der Waals surface area contributed by atoms with Gasteiger partial charge in [-0.15, -0.1) is 0 Å². The summed E-state index contributed by atoms with van der Waals surface area (Å²) in [6.07, 6.45) is -3.51.